The van der Waals surface area contributed by atoms with Gasteiger partial charge in [-0.05, 0) is 36.4 Å². The molecule has 0 amide bonds. The molecule has 0 spiro atoms. The Morgan fingerprint density at radius 2 is 2.07 bits per heavy atom. The summed E-state index contributed by atoms with van der Waals surface area (Å²) < 4.78 is 0. The van der Waals surface area contributed by atoms with Gasteiger partial charge in [0.25, 0.3) is 0 Å². The van der Waals surface area contributed by atoms with Crippen LogP contribution in [0.1, 0.15) is 30.7 Å². The van der Waals surface area contributed by atoms with Crippen LogP contribution in [0.25, 0.3) is 0 Å². The third-order valence-corrected chi connectivity index (χ3v) is 2.64. The van der Waals surface area contributed by atoms with Crippen molar-refractivity contribution in [3.05, 3.63) is 48.6 Å². The minimum Gasteiger partial charge on any atom is -0.281 e. The summed E-state index contributed by atoms with van der Waals surface area (Å²) in [6.45, 7) is 3.66. The van der Waals surface area contributed by atoms with Crippen LogP contribution in [0, 0.1) is 0 Å². The third-order valence-electron chi connectivity index (χ3n) is 2.38. The molecule has 0 N–H and O–H groups in total. The summed E-state index contributed by atoms with van der Waals surface area (Å²) in [5, 5.41) is -0.273. The lowest BCUT2D eigenvalue weighted by molar-refractivity contribution is -0.113. The molecule has 0 saturated carbocycles. The second-order valence-corrected chi connectivity index (χ2v) is 3.86. The van der Waals surface area contributed by atoms with E-state index in [2.05, 4.69) is 6.58 Å². The number of rotatable bonds is 6. The molecule has 80 valence electrons. The molecular formula is C13H15ClO. The van der Waals surface area contributed by atoms with E-state index >= 15 is 0 Å². The van der Waals surface area contributed by atoms with Crippen molar-refractivity contribution < 1.29 is 4.79 Å². The third kappa shape index (κ3) is 3.88. The van der Waals surface area contributed by atoms with Crippen LogP contribution < -0.4 is 0 Å². The van der Waals surface area contributed by atoms with Crippen LogP contribution in [-0.4, -0.2) is 5.24 Å². The van der Waals surface area contributed by atoms with Crippen LogP contribution in [0.4, 0.5) is 0 Å². The van der Waals surface area contributed by atoms with E-state index in [1.807, 2.05) is 36.4 Å². The van der Waals surface area contributed by atoms with Gasteiger partial charge in [-0.25, -0.2) is 0 Å². The highest BCUT2D eigenvalue weighted by Gasteiger charge is 2.17. The molecule has 0 radical (unpaired) electrons. The molecule has 0 aromatic heterocycles. The summed E-state index contributed by atoms with van der Waals surface area (Å²) in [4.78, 5) is 11.3. The number of benzene rings is 1. The average molecular weight is 223 g/mol. The summed E-state index contributed by atoms with van der Waals surface area (Å²) >= 11 is 5.59. The molecule has 0 saturated heterocycles. The van der Waals surface area contributed by atoms with Gasteiger partial charge in [0.2, 0.25) is 5.24 Å². The molecule has 1 aromatic carbocycles. The molecule has 0 bridgehead atoms. The van der Waals surface area contributed by atoms with Gasteiger partial charge in [-0.1, -0.05) is 36.4 Å². The summed E-state index contributed by atoms with van der Waals surface area (Å²) in [6.07, 6.45) is 4.52. The van der Waals surface area contributed by atoms with E-state index in [1.54, 1.807) is 0 Å². The Morgan fingerprint density at radius 3 is 2.60 bits per heavy atom. The van der Waals surface area contributed by atoms with Gasteiger partial charge < -0.3 is 0 Å². The molecule has 15 heavy (non-hydrogen) atoms. The number of unbranched alkanes of at least 4 members (excludes halogenated alkanes) is 1. The fourth-order valence-corrected chi connectivity index (χ4v) is 1.80. The number of halogens is 1. The molecule has 1 nitrogen and oxygen atoms in total. The smallest absolute Gasteiger partial charge is 0.229 e. The highest BCUT2D eigenvalue weighted by molar-refractivity contribution is 6.64. The maximum atomic E-state index is 11.3. The Bertz CT molecular complexity index is 319. The maximum absolute atomic E-state index is 11.3. The zero-order chi connectivity index (χ0) is 11.1. The number of allylic oxidation sites excluding steroid dienone is 1. The molecule has 0 aliphatic carbocycles. The van der Waals surface area contributed by atoms with E-state index in [1.165, 1.54) is 0 Å². The summed E-state index contributed by atoms with van der Waals surface area (Å²) in [7, 11) is 0. The van der Waals surface area contributed by atoms with Gasteiger partial charge >= 0.3 is 0 Å². The average Bonchev–Trinajstić information content (AvgIpc) is 2.25. The molecule has 1 aromatic rings. The summed E-state index contributed by atoms with van der Waals surface area (Å²) in [5.41, 5.74) is 1.00. The van der Waals surface area contributed by atoms with E-state index in [0.29, 0.717) is 0 Å². The summed E-state index contributed by atoms with van der Waals surface area (Å²) in [5.74, 6) is -0.173. The van der Waals surface area contributed by atoms with Gasteiger partial charge in [-0.2, -0.15) is 0 Å². The fraction of sp³-hybridized carbons (Fsp3) is 0.308. The highest BCUT2D eigenvalue weighted by Crippen LogP contribution is 2.24. The largest absolute Gasteiger partial charge is 0.281 e. The lowest BCUT2D eigenvalue weighted by Gasteiger charge is -2.11. The molecule has 0 aliphatic rings. The Kier molecular flexibility index (Phi) is 5.13. The standard InChI is InChI=1S/C13H15ClO/c1-2-3-5-10-12(13(14)15)11-8-6-4-7-9-11/h2,4,6-9,12H,1,3,5,10H2. The van der Waals surface area contributed by atoms with E-state index in [9.17, 15) is 4.79 Å². The number of hydrogen-bond acceptors (Lipinski definition) is 1. The van der Waals surface area contributed by atoms with Gasteiger partial charge in [0, 0.05) is 0 Å². The SMILES string of the molecule is C=CCCCC(C(=O)Cl)c1ccccc1. The molecule has 0 aliphatic heterocycles. The fourth-order valence-electron chi connectivity index (χ4n) is 1.56. The molecule has 0 fully saturated rings. The van der Waals surface area contributed by atoms with Crippen molar-refractivity contribution in [3.8, 4) is 0 Å². The predicted molar refractivity (Wildman–Crippen MR) is 64.1 cm³/mol. The minimum absolute atomic E-state index is 0.173. The Balaban J connectivity index is 2.66. The topological polar surface area (TPSA) is 17.1 Å². The van der Waals surface area contributed by atoms with Gasteiger partial charge in [0.1, 0.15) is 0 Å². The number of hydrogen-bond donors (Lipinski definition) is 0. The van der Waals surface area contributed by atoms with Gasteiger partial charge in [0.15, 0.2) is 0 Å². The monoisotopic (exact) mass is 222 g/mol. The van der Waals surface area contributed by atoms with E-state index in [-0.39, 0.29) is 11.2 Å². The van der Waals surface area contributed by atoms with Crippen LogP contribution in [0.5, 0.6) is 0 Å². The van der Waals surface area contributed by atoms with Crippen LogP contribution in [0.15, 0.2) is 43.0 Å². The Labute approximate surface area is 95.8 Å². The summed E-state index contributed by atoms with van der Waals surface area (Å²) in [6, 6.07) is 9.67. The van der Waals surface area contributed by atoms with Crippen LogP contribution in [0.2, 0.25) is 0 Å². The first-order valence-corrected chi connectivity index (χ1v) is 5.48. The first-order valence-electron chi connectivity index (χ1n) is 5.11. The van der Waals surface area contributed by atoms with Crippen LogP contribution in [-0.2, 0) is 4.79 Å². The number of carbonyl (C=O) groups is 1. The van der Waals surface area contributed by atoms with Gasteiger partial charge in [-0.3, -0.25) is 4.79 Å². The van der Waals surface area contributed by atoms with Crippen molar-refractivity contribution in [1.29, 1.82) is 0 Å². The molecule has 1 atom stereocenters. The van der Waals surface area contributed by atoms with E-state index < -0.39 is 0 Å². The molecule has 1 rings (SSSR count). The predicted octanol–water partition coefficient (Wildman–Crippen LogP) is 3.89. The Hall–Kier alpha value is -1.08. The van der Waals surface area contributed by atoms with Crippen LogP contribution in [0.3, 0.4) is 0 Å². The first-order chi connectivity index (χ1) is 7.25. The zero-order valence-electron chi connectivity index (χ0n) is 8.66. The normalized spacial score (nSPS) is 12.1. The van der Waals surface area contributed by atoms with Crippen molar-refractivity contribution in [3.63, 3.8) is 0 Å². The van der Waals surface area contributed by atoms with Crippen molar-refractivity contribution in [2.75, 3.05) is 0 Å². The lowest BCUT2D eigenvalue weighted by atomic mass is 9.95. The number of carbonyl (C=O) groups excluding carboxylic acids is 1. The van der Waals surface area contributed by atoms with E-state index in [4.69, 9.17) is 11.6 Å². The lowest BCUT2D eigenvalue weighted by Crippen LogP contribution is -2.06. The second-order valence-electron chi connectivity index (χ2n) is 3.49. The Morgan fingerprint density at radius 1 is 1.40 bits per heavy atom. The molecule has 1 unspecified atom stereocenters. The molecule has 0 heterocycles. The van der Waals surface area contributed by atoms with Crippen molar-refractivity contribution in [2.24, 2.45) is 0 Å². The van der Waals surface area contributed by atoms with Crippen molar-refractivity contribution in [1.82, 2.24) is 0 Å². The highest BCUT2D eigenvalue weighted by atomic mass is 35.5. The molecular weight excluding hydrogens is 208 g/mol. The van der Waals surface area contributed by atoms with Gasteiger partial charge in [-0.15, -0.1) is 6.58 Å². The maximum Gasteiger partial charge on any atom is 0.229 e. The first kappa shape index (κ1) is 12.0. The van der Waals surface area contributed by atoms with E-state index in [0.717, 1.165) is 24.8 Å². The quantitative estimate of drug-likeness (QED) is 0.406. The minimum atomic E-state index is -0.273. The second kappa shape index (κ2) is 6.41. The van der Waals surface area contributed by atoms with Crippen LogP contribution >= 0.6 is 11.6 Å². The van der Waals surface area contributed by atoms with Crippen molar-refractivity contribution >= 4 is 16.8 Å². The zero-order valence-corrected chi connectivity index (χ0v) is 9.41. The van der Waals surface area contributed by atoms with Crippen molar-refractivity contribution in [2.45, 2.75) is 25.2 Å². The van der Waals surface area contributed by atoms with Gasteiger partial charge in [0.05, 0.1) is 5.92 Å². The molecule has 2 heteroatoms.